The van der Waals surface area contributed by atoms with Crippen LogP contribution in [0.2, 0.25) is 0 Å². The van der Waals surface area contributed by atoms with Gasteiger partial charge in [-0.2, -0.15) is 0 Å². The fourth-order valence-electron chi connectivity index (χ4n) is 0.484. The minimum atomic E-state index is 0.337. The zero-order valence-electron chi connectivity index (χ0n) is 6.25. The Hall–Kier alpha value is -0.640. The van der Waals surface area contributed by atoms with Crippen molar-refractivity contribution in [1.82, 2.24) is 0 Å². The second-order valence-electron chi connectivity index (χ2n) is 1.71. The first-order valence-corrected chi connectivity index (χ1v) is 3.68. The summed E-state index contributed by atoms with van der Waals surface area (Å²) >= 11 is 11.3. The van der Waals surface area contributed by atoms with Crippen molar-refractivity contribution in [2.24, 2.45) is 0 Å². The molecule has 0 aromatic carbocycles. The maximum Gasteiger partial charge on any atom is 0.0611 e. The van der Waals surface area contributed by atoms with E-state index < -0.39 is 0 Å². The smallest absolute Gasteiger partial charge is 0.0611 e. The molecule has 58 valence electrons. The molecule has 0 aromatic heterocycles. The minimum absolute atomic E-state index is 0.337. The summed E-state index contributed by atoms with van der Waals surface area (Å²) in [5.74, 6) is 5.41. The Morgan fingerprint density at radius 3 is 2.27 bits per heavy atom. The molecule has 0 fully saturated rings. The zero-order chi connectivity index (χ0) is 8.85. The van der Waals surface area contributed by atoms with Crippen molar-refractivity contribution in [3.8, 4) is 11.8 Å². The molecule has 0 amide bonds. The predicted octanol–water partition coefficient (Wildman–Crippen LogP) is 3.44. The van der Waals surface area contributed by atoms with Gasteiger partial charge in [-0.3, -0.25) is 0 Å². The van der Waals surface area contributed by atoms with E-state index in [1.54, 1.807) is 6.92 Å². The lowest BCUT2D eigenvalue weighted by atomic mass is 10.2. The fourth-order valence-corrected chi connectivity index (χ4v) is 0.843. The van der Waals surface area contributed by atoms with E-state index in [9.17, 15) is 0 Å². The van der Waals surface area contributed by atoms with Gasteiger partial charge in [-0.15, -0.1) is 5.92 Å². The molecule has 0 spiro atoms. The summed E-state index contributed by atoms with van der Waals surface area (Å²) < 4.78 is 0. The van der Waals surface area contributed by atoms with Crippen LogP contribution in [0.25, 0.3) is 0 Å². The Morgan fingerprint density at radius 1 is 1.45 bits per heavy atom. The lowest BCUT2D eigenvalue weighted by Gasteiger charge is -1.95. The van der Waals surface area contributed by atoms with Crippen molar-refractivity contribution in [2.45, 2.75) is 6.92 Å². The third-order valence-electron chi connectivity index (χ3n) is 0.939. The van der Waals surface area contributed by atoms with Gasteiger partial charge in [0.1, 0.15) is 0 Å². The van der Waals surface area contributed by atoms with Crippen LogP contribution in [0.3, 0.4) is 0 Å². The zero-order valence-corrected chi connectivity index (χ0v) is 7.76. The van der Waals surface area contributed by atoms with Gasteiger partial charge in [-0.05, 0) is 13.0 Å². The highest BCUT2D eigenvalue weighted by molar-refractivity contribution is 6.36. The van der Waals surface area contributed by atoms with Gasteiger partial charge in [0.15, 0.2) is 0 Å². The van der Waals surface area contributed by atoms with Crippen LogP contribution >= 0.6 is 23.2 Å². The molecular formula is C9H8Cl2. The van der Waals surface area contributed by atoms with Crippen LogP contribution in [0.4, 0.5) is 0 Å². The maximum atomic E-state index is 5.72. The fraction of sp³-hybridized carbons (Fsp3) is 0.111. The first-order chi connectivity index (χ1) is 5.13. The highest BCUT2D eigenvalue weighted by atomic mass is 35.5. The third kappa shape index (κ3) is 3.32. The standard InChI is InChI=1S/C9H8Cl2/c1-4-6-8(7(3)10)9(11)5-2/h5H,2-3H2,1H3/b9-8+. The van der Waals surface area contributed by atoms with Crippen LogP contribution in [0.5, 0.6) is 0 Å². The van der Waals surface area contributed by atoms with Crippen molar-refractivity contribution in [2.75, 3.05) is 0 Å². The van der Waals surface area contributed by atoms with Gasteiger partial charge in [-0.1, -0.05) is 42.3 Å². The van der Waals surface area contributed by atoms with Gasteiger partial charge in [0.25, 0.3) is 0 Å². The van der Waals surface area contributed by atoms with Crippen molar-refractivity contribution in [1.29, 1.82) is 0 Å². The number of hydrogen-bond donors (Lipinski definition) is 0. The Morgan fingerprint density at radius 2 is 2.00 bits per heavy atom. The van der Waals surface area contributed by atoms with E-state index in [0.29, 0.717) is 15.6 Å². The summed E-state index contributed by atoms with van der Waals surface area (Å²) in [7, 11) is 0. The van der Waals surface area contributed by atoms with Gasteiger partial charge in [0.05, 0.1) is 15.6 Å². The van der Waals surface area contributed by atoms with E-state index in [0.717, 1.165) is 0 Å². The molecule has 0 saturated heterocycles. The van der Waals surface area contributed by atoms with Gasteiger partial charge >= 0.3 is 0 Å². The molecule has 11 heavy (non-hydrogen) atoms. The van der Waals surface area contributed by atoms with Gasteiger partial charge < -0.3 is 0 Å². The third-order valence-corrected chi connectivity index (χ3v) is 1.47. The summed E-state index contributed by atoms with van der Waals surface area (Å²) in [6.45, 7) is 8.71. The summed E-state index contributed by atoms with van der Waals surface area (Å²) in [4.78, 5) is 0. The average molecular weight is 187 g/mol. The molecule has 0 nitrogen and oxygen atoms in total. The minimum Gasteiger partial charge on any atom is -0.101 e. The first kappa shape index (κ1) is 10.4. The van der Waals surface area contributed by atoms with Crippen LogP contribution in [0.15, 0.2) is 34.9 Å². The largest absolute Gasteiger partial charge is 0.101 e. The molecule has 0 N–H and O–H groups in total. The molecule has 0 bridgehead atoms. The second kappa shape index (κ2) is 5.07. The second-order valence-corrected chi connectivity index (χ2v) is 2.57. The number of hydrogen-bond acceptors (Lipinski definition) is 0. The quantitative estimate of drug-likeness (QED) is 0.458. The monoisotopic (exact) mass is 186 g/mol. The lowest BCUT2D eigenvalue weighted by molar-refractivity contribution is 1.69. The lowest BCUT2D eigenvalue weighted by Crippen LogP contribution is -1.79. The summed E-state index contributed by atoms with van der Waals surface area (Å²) in [6, 6.07) is 0. The predicted molar refractivity (Wildman–Crippen MR) is 51.5 cm³/mol. The molecule has 0 atom stereocenters. The Labute approximate surface area is 77.2 Å². The number of allylic oxidation sites excluding steroid dienone is 4. The Balaban J connectivity index is 4.98. The van der Waals surface area contributed by atoms with E-state index in [4.69, 9.17) is 23.2 Å². The van der Waals surface area contributed by atoms with Crippen LogP contribution < -0.4 is 0 Å². The first-order valence-electron chi connectivity index (χ1n) is 2.93. The molecule has 0 saturated carbocycles. The summed E-state index contributed by atoms with van der Waals surface area (Å²) in [5, 5.41) is 0.767. The molecule has 0 aromatic rings. The van der Waals surface area contributed by atoms with Crippen LogP contribution in [0.1, 0.15) is 6.92 Å². The van der Waals surface area contributed by atoms with Gasteiger partial charge in [-0.25, -0.2) is 0 Å². The van der Waals surface area contributed by atoms with E-state index >= 15 is 0 Å². The molecule has 2 heteroatoms. The van der Waals surface area contributed by atoms with Crippen LogP contribution in [-0.2, 0) is 0 Å². The SMILES string of the molecule is C=C/C(Cl)=C(/C#CC)C(=C)Cl. The molecule has 0 unspecified atom stereocenters. The molecule has 0 aliphatic heterocycles. The van der Waals surface area contributed by atoms with Crippen LogP contribution in [-0.4, -0.2) is 0 Å². The highest BCUT2D eigenvalue weighted by Crippen LogP contribution is 2.19. The van der Waals surface area contributed by atoms with E-state index in [2.05, 4.69) is 25.0 Å². The van der Waals surface area contributed by atoms with E-state index in [-0.39, 0.29) is 0 Å². The molecule has 0 rings (SSSR count). The maximum absolute atomic E-state index is 5.72. The van der Waals surface area contributed by atoms with Crippen molar-refractivity contribution in [3.05, 3.63) is 34.9 Å². The number of halogens is 2. The topological polar surface area (TPSA) is 0 Å². The van der Waals surface area contributed by atoms with Gasteiger partial charge in [0, 0.05) is 0 Å². The molecule has 0 heterocycles. The normalized spacial score (nSPS) is 10.8. The van der Waals surface area contributed by atoms with Crippen molar-refractivity contribution < 1.29 is 0 Å². The van der Waals surface area contributed by atoms with Crippen molar-refractivity contribution in [3.63, 3.8) is 0 Å². The van der Waals surface area contributed by atoms with E-state index in [1.807, 2.05) is 0 Å². The summed E-state index contributed by atoms with van der Waals surface area (Å²) in [5.41, 5.74) is 0.533. The van der Waals surface area contributed by atoms with Gasteiger partial charge in [0.2, 0.25) is 0 Å². The molecular weight excluding hydrogens is 179 g/mol. The van der Waals surface area contributed by atoms with E-state index in [1.165, 1.54) is 6.08 Å². The Bertz CT molecular complexity index is 261. The summed E-state index contributed by atoms with van der Waals surface area (Å²) in [6.07, 6.45) is 1.48. The number of rotatable bonds is 2. The van der Waals surface area contributed by atoms with Crippen LogP contribution in [0, 0.1) is 11.8 Å². The Kier molecular flexibility index (Phi) is 4.77. The molecule has 0 radical (unpaired) electrons. The van der Waals surface area contributed by atoms with Crippen molar-refractivity contribution >= 4 is 23.2 Å². The molecule has 0 aliphatic rings. The molecule has 0 aliphatic carbocycles. The average Bonchev–Trinajstić information content (AvgIpc) is 1.98. The highest BCUT2D eigenvalue weighted by Gasteiger charge is 1.99.